The van der Waals surface area contributed by atoms with Crippen LogP contribution in [0.2, 0.25) is 5.02 Å². The lowest BCUT2D eigenvalue weighted by Crippen LogP contribution is -2.15. The number of rotatable bonds is 2. The molecule has 0 spiro atoms. The summed E-state index contributed by atoms with van der Waals surface area (Å²) in [4.78, 5) is 0. The van der Waals surface area contributed by atoms with E-state index in [9.17, 15) is 13.2 Å². The summed E-state index contributed by atoms with van der Waals surface area (Å²) in [7, 11) is 0. The van der Waals surface area contributed by atoms with Crippen LogP contribution in [0.3, 0.4) is 0 Å². The van der Waals surface area contributed by atoms with Crippen molar-refractivity contribution in [1.82, 2.24) is 0 Å². The fraction of sp³-hybridized carbons (Fsp3) is 0.0667. The van der Waals surface area contributed by atoms with Gasteiger partial charge in [0.2, 0.25) is 0 Å². The number of furan rings is 1. The van der Waals surface area contributed by atoms with Crippen molar-refractivity contribution in [2.75, 3.05) is 0 Å². The molecule has 0 radical (unpaired) electrons. The van der Waals surface area contributed by atoms with Crippen LogP contribution in [0.25, 0.3) is 11.0 Å². The average molecular weight is 312 g/mol. The van der Waals surface area contributed by atoms with Crippen molar-refractivity contribution in [3.05, 3.63) is 70.2 Å². The molecule has 0 aliphatic heterocycles. The molecule has 2 nitrogen and oxygen atoms in total. The molecule has 1 unspecified atom stereocenters. The molecule has 2 N–H and O–H groups in total. The van der Waals surface area contributed by atoms with Crippen molar-refractivity contribution in [1.29, 1.82) is 0 Å². The first-order valence-corrected chi connectivity index (χ1v) is 6.43. The summed E-state index contributed by atoms with van der Waals surface area (Å²) in [6.45, 7) is 0. The molecular weight excluding hydrogens is 303 g/mol. The Balaban J connectivity index is 2.12. The van der Waals surface area contributed by atoms with Gasteiger partial charge in [0.05, 0.1) is 11.1 Å². The maximum atomic E-state index is 13.8. The molecule has 108 valence electrons. The number of hydrogen-bond acceptors (Lipinski definition) is 2. The van der Waals surface area contributed by atoms with Crippen LogP contribution in [0.5, 0.6) is 0 Å². The fourth-order valence-corrected chi connectivity index (χ4v) is 2.41. The molecule has 2 aromatic carbocycles. The van der Waals surface area contributed by atoms with Crippen LogP contribution in [0.4, 0.5) is 13.2 Å². The van der Waals surface area contributed by atoms with E-state index in [2.05, 4.69) is 0 Å². The first kappa shape index (κ1) is 14.0. The minimum absolute atomic E-state index is 0.141. The zero-order chi connectivity index (χ0) is 15.1. The summed E-state index contributed by atoms with van der Waals surface area (Å²) >= 11 is 5.97. The van der Waals surface area contributed by atoms with E-state index in [1.807, 2.05) is 0 Å². The molecule has 1 heterocycles. The molecule has 21 heavy (non-hydrogen) atoms. The van der Waals surface area contributed by atoms with Crippen LogP contribution < -0.4 is 5.73 Å². The second-order valence-electron chi connectivity index (χ2n) is 4.57. The van der Waals surface area contributed by atoms with Gasteiger partial charge in [-0.2, -0.15) is 0 Å². The van der Waals surface area contributed by atoms with Gasteiger partial charge in [0, 0.05) is 23.1 Å². The predicted molar refractivity (Wildman–Crippen MR) is 73.6 cm³/mol. The van der Waals surface area contributed by atoms with E-state index in [0.29, 0.717) is 28.1 Å². The van der Waals surface area contributed by atoms with Crippen molar-refractivity contribution >= 4 is 22.6 Å². The third kappa shape index (κ3) is 2.39. The summed E-state index contributed by atoms with van der Waals surface area (Å²) in [6, 6.07) is 6.58. The van der Waals surface area contributed by atoms with Gasteiger partial charge in [-0.1, -0.05) is 23.7 Å². The monoisotopic (exact) mass is 311 g/mol. The Labute approximate surface area is 122 Å². The molecule has 0 aliphatic rings. The lowest BCUT2D eigenvalue weighted by molar-refractivity contribution is 0.478. The zero-order valence-corrected chi connectivity index (χ0v) is 11.3. The summed E-state index contributed by atoms with van der Waals surface area (Å²) in [5.41, 5.74) is 5.77. The number of para-hydroxylation sites is 1. The molecule has 6 heteroatoms. The number of benzene rings is 2. The van der Waals surface area contributed by atoms with E-state index in [1.54, 1.807) is 24.3 Å². The van der Waals surface area contributed by atoms with Gasteiger partial charge in [-0.05, 0) is 12.1 Å². The van der Waals surface area contributed by atoms with E-state index < -0.39 is 29.1 Å². The molecule has 1 atom stereocenters. The fourth-order valence-electron chi connectivity index (χ4n) is 2.19. The van der Waals surface area contributed by atoms with Crippen molar-refractivity contribution in [2.24, 2.45) is 5.73 Å². The Morgan fingerprint density at radius 2 is 1.71 bits per heavy atom. The second kappa shape index (κ2) is 5.09. The molecule has 0 amide bonds. The first-order chi connectivity index (χ1) is 9.97. The smallest absolute Gasteiger partial charge is 0.152 e. The quantitative estimate of drug-likeness (QED) is 0.754. The summed E-state index contributed by atoms with van der Waals surface area (Å²) in [6.07, 6.45) is 0. The molecule has 0 saturated carbocycles. The van der Waals surface area contributed by atoms with Crippen molar-refractivity contribution in [2.45, 2.75) is 6.04 Å². The summed E-state index contributed by atoms with van der Waals surface area (Å²) < 4.78 is 45.9. The number of hydrogen-bond donors (Lipinski definition) is 1. The van der Waals surface area contributed by atoms with E-state index in [-0.39, 0.29) is 5.76 Å². The van der Waals surface area contributed by atoms with Gasteiger partial charge < -0.3 is 10.2 Å². The van der Waals surface area contributed by atoms with Gasteiger partial charge in [0.25, 0.3) is 0 Å². The highest BCUT2D eigenvalue weighted by molar-refractivity contribution is 6.34. The third-order valence-electron chi connectivity index (χ3n) is 3.18. The molecule has 3 aromatic rings. The lowest BCUT2D eigenvalue weighted by Gasteiger charge is -2.11. The Morgan fingerprint density at radius 1 is 1.05 bits per heavy atom. The lowest BCUT2D eigenvalue weighted by atomic mass is 10.0. The Bertz CT molecular complexity index is 808. The highest BCUT2D eigenvalue weighted by atomic mass is 35.5. The van der Waals surface area contributed by atoms with Crippen LogP contribution in [0.1, 0.15) is 17.4 Å². The largest absolute Gasteiger partial charge is 0.457 e. The van der Waals surface area contributed by atoms with Crippen molar-refractivity contribution < 1.29 is 17.6 Å². The Hall–Kier alpha value is -1.98. The summed E-state index contributed by atoms with van der Waals surface area (Å²) in [5.74, 6) is -2.99. The molecule has 1 aromatic heterocycles. The highest BCUT2D eigenvalue weighted by Gasteiger charge is 2.23. The van der Waals surface area contributed by atoms with Crippen LogP contribution in [-0.2, 0) is 0 Å². The average Bonchev–Trinajstić information content (AvgIpc) is 2.82. The van der Waals surface area contributed by atoms with E-state index >= 15 is 0 Å². The van der Waals surface area contributed by atoms with E-state index in [0.717, 1.165) is 0 Å². The zero-order valence-electron chi connectivity index (χ0n) is 10.5. The Kier molecular flexibility index (Phi) is 3.39. The minimum Gasteiger partial charge on any atom is -0.457 e. The number of nitrogens with two attached hydrogens (primary N) is 1. The minimum atomic E-state index is -1.20. The number of fused-ring (bicyclic) bond motifs is 1. The molecule has 3 rings (SSSR count). The van der Waals surface area contributed by atoms with Gasteiger partial charge in [-0.3, -0.25) is 0 Å². The maximum Gasteiger partial charge on any atom is 0.152 e. The van der Waals surface area contributed by atoms with Crippen LogP contribution in [0, 0.1) is 17.5 Å². The van der Waals surface area contributed by atoms with Crippen molar-refractivity contribution in [3.63, 3.8) is 0 Å². The second-order valence-corrected chi connectivity index (χ2v) is 4.97. The SMILES string of the molecule is NC(c1cc2cccc(Cl)c2o1)c1c(F)cc(F)cc1F. The van der Waals surface area contributed by atoms with Crippen LogP contribution in [-0.4, -0.2) is 0 Å². The predicted octanol–water partition coefficient (Wildman–Crippen LogP) is 4.55. The van der Waals surface area contributed by atoms with E-state index in [4.69, 9.17) is 21.8 Å². The van der Waals surface area contributed by atoms with E-state index in [1.165, 1.54) is 0 Å². The van der Waals surface area contributed by atoms with Gasteiger partial charge in [-0.15, -0.1) is 0 Å². The highest BCUT2D eigenvalue weighted by Crippen LogP contribution is 2.32. The third-order valence-corrected chi connectivity index (χ3v) is 3.47. The molecule has 0 saturated heterocycles. The van der Waals surface area contributed by atoms with Gasteiger partial charge in [0.15, 0.2) is 5.58 Å². The molecular formula is C15H9ClF3NO. The van der Waals surface area contributed by atoms with Crippen LogP contribution in [0.15, 0.2) is 40.8 Å². The standard InChI is InChI=1S/C15H9ClF3NO/c16-9-3-1-2-7-4-12(21-15(7)9)14(20)13-10(18)5-8(17)6-11(13)19/h1-6,14H,20H2. The van der Waals surface area contributed by atoms with Crippen molar-refractivity contribution in [3.8, 4) is 0 Å². The van der Waals surface area contributed by atoms with Gasteiger partial charge >= 0.3 is 0 Å². The number of halogens is 4. The Morgan fingerprint density at radius 3 is 2.33 bits per heavy atom. The van der Waals surface area contributed by atoms with Gasteiger partial charge in [0.1, 0.15) is 23.2 Å². The normalized spacial score (nSPS) is 12.8. The molecule has 0 bridgehead atoms. The van der Waals surface area contributed by atoms with Crippen LogP contribution >= 0.6 is 11.6 Å². The topological polar surface area (TPSA) is 39.2 Å². The van der Waals surface area contributed by atoms with Gasteiger partial charge in [-0.25, -0.2) is 13.2 Å². The maximum absolute atomic E-state index is 13.8. The summed E-state index contributed by atoms with van der Waals surface area (Å²) in [5, 5.41) is 1.03. The first-order valence-electron chi connectivity index (χ1n) is 6.05. The molecule has 0 fully saturated rings. The molecule has 0 aliphatic carbocycles.